The molecule has 4 N–H and O–H groups in total. The van der Waals surface area contributed by atoms with Crippen LogP contribution in [-0.2, 0) is 27.2 Å². The highest BCUT2D eigenvalue weighted by molar-refractivity contribution is 7.17. The van der Waals surface area contributed by atoms with E-state index in [0.717, 1.165) is 147 Å². The van der Waals surface area contributed by atoms with Crippen molar-refractivity contribution in [2.24, 2.45) is 23.5 Å². The lowest BCUT2D eigenvalue weighted by molar-refractivity contribution is -0.143. The maximum absolute atomic E-state index is 13.6. The summed E-state index contributed by atoms with van der Waals surface area (Å²) in [6.07, 6.45) is 20.1. The van der Waals surface area contributed by atoms with Gasteiger partial charge in [0.15, 0.2) is 10.3 Å². The number of carbonyl (C=O) groups excluding carboxylic acids is 2. The number of ether oxygens (including phenoxy) is 1. The van der Waals surface area contributed by atoms with E-state index in [1.807, 2.05) is 115 Å². The maximum atomic E-state index is 13.6. The molecule has 4 fully saturated rings. The van der Waals surface area contributed by atoms with Crippen molar-refractivity contribution in [3.8, 4) is 56.9 Å². The number of rotatable bonds is 16. The van der Waals surface area contributed by atoms with Crippen LogP contribution in [0.25, 0.3) is 56.1 Å². The summed E-state index contributed by atoms with van der Waals surface area (Å²) in [6, 6.07) is 24.8. The largest absolute Gasteiger partial charge is 0.481 e. The van der Waals surface area contributed by atoms with Crippen LogP contribution in [0.2, 0.25) is 0 Å². The number of nitrogens with one attached hydrogen (secondary N) is 1. The van der Waals surface area contributed by atoms with Crippen molar-refractivity contribution < 1.29 is 33.0 Å². The molecule has 28 heteroatoms. The van der Waals surface area contributed by atoms with E-state index < -0.39 is 11.6 Å². The lowest BCUT2D eigenvalue weighted by Crippen LogP contribution is -2.42. The Morgan fingerprint density at radius 1 is 0.589 bits per heavy atom. The van der Waals surface area contributed by atoms with E-state index in [-0.39, 0.29) is 57.9 Å². The third-order valence-electron chi connectivity index (χ3n) is 19.3. The number of aromatic nitrogens is 10. The van der Waals surface area contributed by atoms with Gasteiger partial charge in [0.2, 0.25) is 11.9 Å². The number of carbonyl (C=O) groups is 3. The monoisotopic (exact) mass is 1490 g/mol. The number of nitrogens with two attached hydrogens (primary N) is 1. The van der Waals surface area contributed by atoms with Crippen LogP contribution >= 0.6 is 22.7 Å². The van der Waals surface area contributed by atoms with Gasteiger partial charge in [0.05, 0.1) is 17.3 Å². The Labute approximate surface area is 633 Å². The van der Waals surface area contributed by atoms with E-state index in [0.29, 0.717) is 99.0 Å². The highest BCUT2D eigenvalue weighted by atomic mass is 32.1. The van der Waals surface area contributed by atoms with Gasteiger partial charge in [-0.05, 0) is 177 Å². The van der Waals surface area contributed by atoms with E-state index in [1.54, 1.807) is 29.2 Å². The molecule has 0 unspecified atom stereocenters. The SMILES string of the molecule is C.C.C.CC(C)(C)OC(=O)N1CCC(C(=O)O)CC1.CCc1nc2ccc(-c3cnc(N4CCC(CC(=O)C5CCNCC5)CC4)nc3)cn2c1N(C)c1nc(-c2ccc(F)cc2)c(C#N)s1.CCc1nc2ccc(-c3cnc(N4CCC(N)CC4)nc3)cn2c1N(C)c1nc(-c2ccc(F)cc2)c(C#N)s1. The molecule has 24 nitrogen and oxygen atoms in total. The third kappa shape index (κ3) is 18.9. The number of Topliss-reactive ketones (excluding diaryl/α,β-unsaturated/α-hetero) is 1. The Morgan fingerprint density at radius 3 is 1.39 bits per heavy atom. The highest BCUT2D eigenvalue weighted by Gasteiger charge is 2.32. The zero-order chi connectivity index (χ0) is 73.3. The summed E-state index contributed by atoms with van der Waals surface area (Å²) in [5.41, 5.74) is 15.1. The van der Waals surface area contributed by atoms with E-state index in [2.05, 4.69) is 51.1 Å². The summed E-state index contributed by atoms with van der Waals surface area (Å²) in [6.45, 7) is 15.8. The number of benzene rings is 2. The molecule has 14 rings (SSSR count). The minimum absolute atomic E-state index is 0. The van der Waals surface area contributed by atoms with Crippen LogP contribution in [0.1, 0.15) is 136 Å². The van der Waals surface area contributed by atoms with Gasteiger partial charge in [-0.25, -0.2) is 53.4 Å². The summed E-state index contributed by atoms with van der Waals surface area (Å²) in [5.74, 6) is 2.52. The first-order valence-corrected chi connectivity index (χ1v) is 37.0. The number of amides is 1. The average molecular weight is 1490 g/mol. The molecule has 10 aromatic rings. The number of imidazole rings is 2. The van der Waals surface area contributed by atoms with E-state index in [4.69, 9.17) is 45.5 Å². The minimum atomic E-state index is -0.774. The van der Waals surface area contributed by atoms with Gasteiger partial charge in [-0.15, -0.1) is 0 Å². The molecule has 0 spiro atoms. The van der Waals surface area contributed by atoms with Crippen molar-refractivity contribution in [2.75, 3.05) is 86.1 Å². The van der Waals surface area contributed by atoms with Crippen LogP contribution in [-0.4, -0.2) is 155 Å². The lowest BCUT2D eigenvalue weighted by atomic mass is 9.84. The number of pyridine rings is 2. The fourth-order valence-corrected chi connectivity index (χ4v) is 15.2. The van der Waals surface area contributed by atoms with Gasteiger partial charge in [0.1, 0.15) is 79.2 Å². The van der Waals surface area contributed by atoms with Crippen LogP contribution < -0.4 is 30.7 Å². The minimum Gasteiger partial charge on any atom is -0.481 e. The zero-order valence-electron chi connectivity index (χ0n) is 59.5. The maximum Gasteiger partial charge on any atom is 0.410 e. The molecule has 12 heterocycles. The normalized spacial score (nSPS) is 15.1. The third-order valence-corrected chi connectivity index (χ3v) is 21.4. The molecule has 4 saturated heterocycles. The predicted octanol–water partition coefficient (Wildman–Crippen LogP) is 15.2. The Balaban J connectivity index is 0.000000203. The molecule has 0 atom stereocenters. The van der Waals surface area contributed by atoms with E-state index in [9.17, 15) is 33.7 Å². The van der Waals surface area contributed by atoms with Gasteiger partial charge in [-0.3, -0.25) is 18.4 Å². The first-order valence-electron chi connectivity index (χ1n) is 35.3. The number of aliphatic carboxylic acids is 1. The molecule has 1 amide bonds. The molecule has 564 valence electrons. The van der Waals surface area contributed by atoms with Crippen LogP contribution in [0, 0.1) is 52.1 Å². The molecule has 0 radical (unpaired) electrons. The number of thiazole rings is 2. The summed E-state index contributed by atoms with van der Waals surface area (Å²) < 4.78 is 36.4. The van der Waals surface area contributed by atoms with Crippen LogP contribution in [0.4, 0.5) is 47.4 Å². The van der Waals surface area contributed by atoms with Gasteiger partial charge in [-0.2, -0.15) is 10.5 Å². The number of hydrogen-bond acceptors (Lipinski definition) is 22. The molecular weight excluding hydrogens is 1400 g/mol. The number of hydrogen-bond donors (Lipinski definition) is 3. The number of carboxylic acid groups (broad SMARTS) is 1. The number of halogens is 2. The van der Waals surface area contributed by atoms with Gasteiger partial charge in [0, 0.05) is 142 Å². The quantitative estimate of drug-likeness (QED) is 0.0810. The second-order valence-corrected chi connectivity index (χ2v) is 29.5. The van der Waals surface area contributed by atoms with Crippen LogP contribution in [0.15, 0.2) is 110 Å². The Bertz CT molecular complexity index is 4750. The number of piperidine rings is 4. The lowest BCUT2D eigenvalue weighted by Gasteiger charge is -2.32. The van der Waals surface area contributed by atoms with E-state index >= 15 is 0 Å². The number of aryl methyl sites for hydroxylation is 2. The predicted molar refractivity (Wildman–Crippen MR) is 420 cm³/mol. The van der Waals surface area contributed by atoms with Crippen LogP contribution in [0.3, 0.4) is 0 Å². The molecule has 0 bridgehead atoms. The van der Waals surface area contributed by atoms with Gasteiger partial charge in [0.25, 0.3) is 0 Å². The number of anilines is 6. The number of ketones is 1. The number of fused-ring (bicyclic) bond motifs is 2. The Morgan fingerprint density at radius 2 is 1.00 bits per heavy atom. The fourth-order valence-electron chi connectivity index (χ4n) is 13.5. The number of nitrogens with zero attached hydrogens (tertiary/aromatic N) is 17. The molecule has 0 aliphatic carbocycles. The van der Waals surface area contributed by atoms with Gasteiger partial charge in [-0.1, -0.05) is 58.8 Å². The highest BCUT2D eigenvalue weighted by Crippen LogP contribution is 2.40. The standard InChI is InChI=1S/C36H38FN9OS.C29H28FN9S.C11H19NO4.3CH4/c1-3-29-34(44(2)36-43-33(31(19-38)48-36)25-4-7-28(37)8-5-25)46-22-26(6-9-32(46)42-29)27-20-40-35(41-21-27)45-16-12-23(13-17-45)18-30(47)24-10-14-39-15-11-24;1-3-23-27(37(2)29-36-26(24(14-31)40-29)18-4-7-21(30)8-5-18)39-17-19(6-9-25(39)35-23)20-15-33-28(34-16-20)38-12-10-22(32)11-13-38;1-11(2,3)16-10(15)12-6-4-8(5-7-12)9(13)14;;;/h4-9,20-24,39H,3,10-18H2,1-2H3;4-9,15-17,22H,3,10-13,32H2,1-2H3;8H,4-7H2,1-3H3,(H,13,14);3*1H4. The van der Waals surface area contributed by atoms with Crippen molar-refractivity contribution in [1.29, 1.82) is 10.5 Å². The number of nitriles is 2. The van der Waals surface area contributed by atoms with Crippen molar-refractivity contribution >= 4 is 85.6 Å². The van der Waals surface area contributed by atoms with Gasteiger partial charge < -0.3 is 45.4 Å². The fraction of sp³-hybridized carbons (Fsp3) is 0.430. The van der Waals surface area contributed by atoms with Crippen molar-refractivity contribution in [1.82, 2.24) is 58.9 Å². The molecule has 8 aromatic heterocycles. The summed E-state index contributed by atoms with van der Waals surface area (Å²) in [5, 5.41) is 33.1. The first-order chi connectivity index (χ1) is 50.1. The van der Waals surface area contributed by atoms with Crippen molar-refractivity contribution in [3.05, 3.63) is 143 Å². The summed E-state index contributed by atoms with van der Waals surface area (Å²) in [7, 11) is 3.85. The van der Waals surface area contributed by atoms with Crippen molar-refractivity contribution in [3.63, 3.8) is 0 Å². The van der Waals surface area contributed by atoms with Gasteiger partial charge >= 0.3 is 12.1 Å². The molecule has 4 aliphatic heterocycles. The molecule has 107 heavy (non-hydrogen) atoms. The second-order valence-electron chi connectivity index (χ2n) is 27.5. The number of likely N-dealkylation sites (tertiary alicyclic amines) is 1. The summed E-state index contributed by atoms with van der Waals surface area (Å²) >= 11 is 2.59. The molecular formula is C79H97F2N19O5S2. The first kappa shape index (κ1) is 80.7. The molecule has 4 aliphatic rings. The second kappa shape index (κ2) is 35.8. The Hall–Kier alpha value is -10.4. The van der Waals surface area contributed by atoms with Crippen molar-refractivity contribution in [2.45, 2.75) is 139 Å². The molecule has 2 aromatic carbocycles. The topological polar surface area (TPSA) is 294 Å². The summed E-state index contributed by atoms with van der Waals surface area (Å²) in [4.78, 5) is 84.1. The van der Waals surface area contributed by atoms with E-state index in [1.165, 1.54) is 46.9 Å². The smallest absolute Gasteiger partial charge is 0.410 e. The van der Waals surface area contributed by atoms with Crippen LogP contribution in [0.5, 0.6) is 0 Å². The molecule has 0 saturated carbocycles. The zero-order valence-corrected chi connectivity index (χ0v) is 61.1. The number of carboxylic acids is 1. The average Bonchev–Trinajstić information content (AvgIpc) is 1.53. The Kier molecular flexibility index (Phi) is 27.0.